The standard InChI is InChI=1S/C21H22ClN3O/c22-16-5-3-4-15(12-16)20-23-19(17-6-1-2-11-25(17)20)21(26)24-18(13-7-8-13)14-9-10-14/h1-6,11-14,18,20,23H,7-10H2,(H,24,26). The third-order valence-electron chi connectivity index (χ3n) is 5.65. The lowest BCUT2D eigenvalue weighted by molar-refractivity contribution is -0.118. The van der Waals surface area contributed by atoms with Gasteiger partial charge in [-0.15, -0.1) is 0 Å². The van der Waals surface area contributed by atoms with Crippen molar-refractivity contribution in [3.05, 3.63) is 70.7 Å². The fraction of sp³-hybridized carbons (Fsp3) is 0.381. The van der Waals surface area contributed by atoms with Gasteiger partial charge in [-0.2, -0.15) is 0 Å². The van der Waals surface area contributed by atoms with Gasteiger partial charge < -0.3 is 15.5 Å². The summed E-state index contributed by atoms with van der Waals surface area (Å²) in [4.78, 5) is 15.2. The van der Waals surface area contributed by atoms with Crippen LogP contribution in [0, 0.1) is 11.8 Å². The molecule has 4 nitrogen and oxygen atoms in total. The van der Waals surface area contributed by atoms with Crippen molar-refractivity contribution in [3.63, 3.8) is 0 Å². The minimum Gasteiger partial charge on any atom is -0.355 e. The summed E-state index contributed by atoms with van der Waals surface area (Å²) in [6.45, 7) is 0. The first-order valence-corrected chi connectivity index (χ1v) is 9.79. The van der Waals surface area contributed by atoms with E-state index in [1.807, 2.05) is 48.7 Å². The van der Waals surface area contributed by atoms with Crippen LogP contribution in [0.15, 0.2) is 60.1 Å². The summed E-state index contributed by atoms with van der Waals surface area (Å²) in [5, 5.41) is 7.46. The average molecular weight is 368 g/mol. The van der Waals surface area contributed by atoms with Crippen molar-refractivity contribution in [2.75, 3.05) is 0 Å². The van der Waals surface area contributed by atoms with Crippen LogP contribution >= 0.6 is 11.6 Å². The Kier molecular flexibility index (Phi) is 3.82. The van der Waals surface area contributed by atoms with Crippen LogP contribution in [0.25, 0.3) is 0 Å². The molecule has 26 heavy (non-hydrogen) atoms. The summed E-state index contributed by atoms with van der Waals surface area (Å²) in [7, 11) is 0. The first-order chi connectivity index (χ1) is 12.7. The lowest BCUT2D eigenvalue weighted by Crippen LogP contribution is -2.41. The molecular formula is C21H22ClN3O. The van der Waals surface area contributed by atoms with Crippen molar-refractivity contribution in [3.8, 4) is 0 Å². The molecule has 2 fully saturated rings. The molecule has 0 bridgehead atoms. The summed E-state index contributed by atoms with van der Waals surface area (Å²) in [6, 6.07) is 8.13. The van der Waals surface area contributed by atoms with E-state index in [2.05, 4.69) is 15.5 Å². The molecule has 5 heteroatoms. The minimum atomic E-state index is -0.119. The number of hydrogen-bond acceptors (Lipinski definition) is 3. The van der Waals surface area contributed by atoms with Crippen LogP contribution < -0.4 is 10.6 Å². The highest BCUT2D eigenvalue weighted by Gasteiger charge is 2.43. The van der Waals surface area contributed by atoms with Gasteiger partial charge in [-0.25, -0.2) is 0 Å². The molecule has 1 aromatic rings. The number of amides is 1. The predicted molar refractivity (Wildman–Crippen MR) is 102 cm³/mol. The van der Waals surface area contributed by atoms with E-state index in [1.54, 1.807) is 0 Å². The van der Waals surface area contributed by atoms with Crippen molar-refractivity contribution in [2.24, 2.45) is 11.8 Å². The van der Waals surface area contributed by atoms with Gasteiger partial charge in [-0.1, -0.05) is 29.8 Å². The number of nitrogens with one attached hydrogen (secondary N) is 2. The van der Waals surface area contributed by atoms with Gasteiger partial charge in [0.15, 0.2) is 0 Å². The number of hydrogen-bond donors (Lipinski definition) is 2. The fourth-order valence-electron chi connectivity index (χ4n) is 4.03. The minimum absolute atomic E-state index is 0.0123. The van der Waals surface area contributed by atoms with Crippen molar-refractivity contribution >= 4 is 17.5 Å². The Bertz CT molecular complexity index is 823. The van der Waals surface area contributed by atoms with Crippen LogP contribution in [-0.2, 0) is 4.79 Å². The normalized spacial score (nSPS) is 24.1. The summed E-state index contributed by atoms with van der Waals surface area (Å²) in [6.07, 6.45) is 12.8. The largest absolute Gasteiger partial charge is 0.355 e. The molecule has 2 N–H and O–H groups in total. The van der Waals surface area contributed by atoms with Crippen molar-refractivity contribution < 1.29 is 4.79 Å². The van der Waals surface area contributed by atoms with Crippen LogP contribution in [-0.4, -0.2) is 16.8 Å². The Balaban J connectivity index is 1.41. The Morgan fingerprint density at radius 1 is 1.19 bits per heavy atom. The number of nitrogens with zero attached hydrogens (tertiary/aromatic N) is 1. The second-order valence-corrected chi connectivity index (χ2v) is 8.08. The Morgan fingerprint density at radius 2 is 1.96 bits per heavy atom. The summed E-state index contributed by atoms with van der Waals surface area (Å²) >= 11 is 6.18. The molecule has 0 spiro atoms. The molecule has 2 aliphatic carbocycles. The highest BCUT2D eigenvalue weighted by molar-refractivity contribution is 6.30. The molecule has 1 unspecified atom stereocenters. The Morgan fingerprint density at radius 3 is 2.65 bits per heavy atom. The van der Waals surface area contributed by atoms with Crippen molar-refractivity contribution in [1.29, 1.82) is 0 Å². The van der Waals surface area contributed by atoms with Crippen LogP contribution in [0.5, 0.6) is 0 Å². The zero-order chi connectivity index (χ0) is 17.7. The van der Waals surface area contributed by atoms with Crippen LogP contribution in [0.4, 0.5) is 0 Å². The van der Waals surface area contributed by atoms with E-state index in [4.69, 9.17) is 11.6 Å². The summed E-state index contributed by atoms with van der Waals surface area (Å²) in [5.74, 6) is 1.37. The molecule has 2 heterocycles. The molecule has 2 aliphatic heterocycles. The predicted octanol–water partition coefficient (Wildman–Crippen LogP) is 3.84. The number of allylic oxidation sites excluding steroid dienone is 3. The van der Waals surface area contributed by atoms with Gasteiger partial charge in [0.2, 0.25) is 0 Å². The smallest absolute Gasteiger partial charge is 0.269 e. The highest BCUT2D eigenvalue weighted by Crippen LogP contribution is 2.45. The first kappa shape index (κ1) is 16.0. The molecule has 5 rings (SSSR count). The fourth-order valence-corrected chi connectivity index (χ4v) is 4.23. The molecular weight excluding hydrogens is 346 g/mol. The van der Waals surface area contributed by atoms with Gasteiger partial charge >= 0.3 is 0 Å². The topological polar surface area (TPSA) is 44.4 Å². The van der Waals surface area contributed by atoms with Crippen molar-refractivity contribution in [2.45, 2.75) is 37.9 Å². The van der Waals surface area contributed by atoms with E-state index in [9.17, 15) is 4.79 Å². The third kappa shape index (κ3) is 2.92. The summed E-state index contributed by atoms with van der Waals surface area (Å²) in [5.41, 5.74) is 2.61. The zero-order valence-electron chi connectivity index (χ0n) is 14.5. The van der Waals surface area contributed by atoms with E-state index in [-0.39, 0.29) is 12.1 Å². The maximum Gasteiger partial charge on any atom is 0.269 e. The zero-order valence-corrected chi connectivity index (χ0v) is 15.2. The lowest BCUT2D eigenvalue weighted by Gasteiger charge is -2.26. The highest BCUT2D eigenvalue weighted by atomic mass is 35.5. The molecule has 134 valence electrons. The molecule has 0 aromatic heterocycles. The quantitative estimate of drug-likeness (QED) is 0.831. The number of carbonyl (C=O) groups is 1. The number of benzene rings is 1. The molecule has 1 amide bonds. The van der Waals surface area contributed by atoms with Gasteiger partial charge in [0, 0.05) is 17.3 Å². The number of fused-ring (bicyclic) bond motifs is 1. The number of carbonyl (C=O) groups excluding carboxylic acids is 1. The average Bonchev–Trinajstić information content (AvgIpc) is 3.56. The van der Waals surface area contributed by atoms with E-state index in [0.717, 1.165) is 11.3 Å². The van der Waals surface area contributed by atoms with Crippen LogP contribution in [0.2, 0.25) is 5.02 Å². The van der Waals surface area contributed by atoms with Gasteiger partial charge in [-0.05, 0) is 67.4 Å². The summed E-state index contributed by atoms with van der Waals surface area (Å²) < 4.78 is 0. The van der Waals surface area contributed by atoms with E-state index in [1.165, 1.54) is 25.7 Å². The maximum absolute atomic E-state index is 13.1. The van der Waals surface area contributed by atoms with E-state index < -0.39 is 0 Å². The third-order valence-corrected chi connectivity index (χ3v) is 5.89. The lowest BCUT2D eigenvalue weighted by atomic mass is 10.1. The number of rotatable bonds is 5. The molecule has 1 aromatic carbocycles. The van der Waals surface area contributed by atoms with E-state index >= 15 is 0 Å². The number of halogens is 1. The van der Waals surface area contributed by atoms with Crippen LogP contribution in [0.3, 0.4) is 0 Å². The SMILES string of the molecule is O=C(NC(C1CC1)C1CC1)C1=C2C=CC=CN2C(c2cccc(Cl)c2)N1. The monoisotopic (exact) mass is 367 g/mol. The van der Waals surface area contributed by atoms with Gasteiger partial charge in [0.25, 0.3) is 5.91 Å². The second kappa shape index (κ2) is 6.20. The maximum atomic E-state index is 13.1. The first-order valence-electron chi connectivity index (χ1n) is 9.41. The van der Waals surface area contributed by atoms with Crippen LogP contribution in [0.1, 0.15) is 37.4 Å². The van der Waals surface area contributed by atoms with Gasteiger partial charge in [-0.3, -0.25) is 4.79 Å². The van der Waals surface area contributed by atoms with E-state index in [0.29, 0.717) is 28.6 Å². The molecule has 1 atom stereocenters. The molecule has 2 saturated carbocycles. The van der Waals surface area contributed by atoms with Gasteiger partial charge in [0.1, 0.15) is 11.9 Å². The Hall–Kier alpha value is -2.20. The molecule has 0 radical (unpaired) electrons. The Labute approximate surface area is 158 Å². The second-order valence-electron chi connectivity index (χ2n) is 7.64. The van der Waals surface area contributed by atoms with Crippen molar-refractivity contribution in [1.82, 2.24) is 15.5 Å². The molecule has 4 aliphatic rings. The molecule has 0 saturated heterocycles. The van der Waals surface area contributed by atoms with Gasteiger partial charge in [0.05, 0.1) is 5.70 Å².